The van der Waals surface area contributed by atoms with Crippen LogP contribution < -0.4 is 5.73 Å². The number of phenols is 1. The van der Waals surface area contributed by atoms with Gasteiger partial charge in [-0.05, 0) is 17.7 Å². The molecule has 5 nitrogen and oxygen atoms in total. The van der Waals surface area contributed by atoms with Crippen LogP contribution in [0.3, 0.4) is 0 Å². The number of nitrogens with two attached hydrogens (primary N) is 1. The number of aromatic hydroxyl groups is 1. The highest BCUT2D eigenvalue weighted by molar-refractivity contribution is 5.53. The fraction of sp³-hybridized carbons (Fsp3) is 0.0769. The molecular formula is C13H12N4O. The summed E-state index contributed by atoms with van der Waals surface area (Å²) in [6.07, 6.45) is 3.96. The lowest BCUT2D eigenvalue weighted by molar-refractivity contribution is 0.469. The van der Waals surface area contributed by atoms with Crippen molar-refractivity contribution in [2.75, 3.05) is 5.73 Å². The summed E-state index contributed by atoms with van der Waals surface area (Å²) in [5.74, 6) is 0.823. The number of phenolic OH excluding ortho intramolecular Hbond substituents is 1. The van der Waals surface area contributed by atoms with Crippen molar-refractivity contribution in [3.63, 3.8) is 0 Å². The van der Waals surface area contributed by atoms with E-state index in [2.05, 4.69) is 10.1 Å². The van der Waals surface area contributed by atoms with E-state index in [-0.39, 0.29) is 5.75 Å². The Hall–Kier alpha value is -2.56. The van der Waals surface area contributed by atoms with Gasteiger partial charge in [-0.1, -0.05) is 18.2 Å². The van der Waals surface area contributed by atoms with Crippen molar-refractivity contribution < 1.29 is 5.11 Å². The van der Waals surface area contributed by atoms with Crippen LogP contribution in [0.5, 0.6) is 5.75 Å². The number of hydrogen-bond donors (Lipinski definition) is 2. The van der Waals surface area contributed by atoms with Gasteiger partial charge in [0.15, 0.2) is 5.65 Å². The molecule has 0 atom stereocenters. The highest BCUT2D eigenvalue weighted by Gasteiger charge is 2.09. The minimum absolute atomic E-state index is 0.278. The largest absolute Gasteiger partial charge is 0.508 e. The first-order chi connectivity index (χ1) is 8.75. The highest BCUT2D eigenvalue weighted by atomic mass is 16.3. The van der Waals surface area contributed by atoms with Crippen molar-refractivity contribution in [3.05, 3.63) is 53.9 Å². The molecule has 0 bridgehead atoms. The molecule has 1 aromatic carbocycles. The molecule has 2 heterocycles. The van der Waals surface area contributed by atoms with Crippen molar-refractivity contribution in [2.24, 2.45) is 0 Å². The lowest BCUT2D eigenvalue weighted by atomic mass is 10.1. The quantitative estimate of drug-likeness (QED) is 0.713. The Morgan fingerprint density at radius 2 is 2.00 bits per heavy atom. The Balaban J connectivity index is 2.06. The molecule has 0 amide bonds. The molecule has 0 aliphatic heterocycles. The maximum atomic E-state index is 9.76. The number of fused-ring (bicyclic) bond motifs is 1. The SMILES string of the molecule is Nc1ccnc2c(Cc3ccccc3O)cnn12. The summed E-state index contributed by atoms with van der Waals surface area (Å²) in [5.41, 5.74) is 8.30. The average Bonchev–Trinajstić information content (AvgIpc) is 2.77. The Labute approximate surface area is 104 Å². The van der Waals surface area contributed by atoms with Crippen molar-refractivity contribution in [2.45, 2.75) is 6.42 Å². The lowest BCUT2D eigenvalue weighted by Crippen LogP contribution is -1.99. The van der Waals surface area contributed by atoms with Crippen LogP contribution in [0.25, 0.3) is 5.65 Å². The van der Waals surface area contributed by atoms with Gasteiger partial charge in [-0.2, -0.15) is 9.61 Å². The van der Waals surface area contributed by atoms with Crippen molar-refractivity contribution >= 4 is 11.5 Å². The predicted octanol–water partition coefficient (Wildman–Crippen LogP) is 1.61. The molecule has 0 saturated heterocycles. The summed E-state index contributed by atoms with van der Waals surface area (Å²) in [4.78, 5) is 4.27. The summed E-state index contributed by atoms with van der Waals surface area (Å²) in [5, 5.41) is 14.0. The highest BCUT2D eigenvalue weighted by Crippen LogP contribution is 2.21. The number of nitrogen functional groups attached to an aromatic ring is 1. The Morgan fingerprint density at radius 3 is 2.83 bits per heavy atom. The van der Waals surface area contributed by atoms with Gasteiger partial charge >= 0.3 is 0 Å². The molecular weight excluding hydrogens is 228 g/mol. The zero-order valence-corrected chi connectivity index (χ0v) is 9.61. The van der Waals surface area contributed by atoms with E-state index >= 15 is 0 Å². The van der Waals surface area contributed by atoms with E-state index in [9.17, 15) is 5.11 Å². The van der Waals surface area contributed by atoms with E-state index in [0.29, 0.717) is 12.2 Å². The summed E-state index contributed by atoms with van der Waals surface area (Å²) >= 11 is 0. The molecule has 3 aromatic rings. The second-order valence-corrected chi connectivity index (χ2v) is 4.08. The molecule has 0 saturated carbocycles. The fourth-order valence-electron chi connectivity index (χ4n) is 1.95. The molecule has 3 rings (SSSR count). The van der Waals surface area contributed by atoms with Crippen LogP contribution in [0.2, 0.25) is 0 Å². The number of hydrogen-bond acceptors (Lipinski definition) is 4. The van der Waals surface area contributed by atoms with Crippen molar-refractivity contribution in [3.8, 4) is 5.75 Å². The van der Waals surface area contributed by atoms with Crippen LogP contribution in [-0.4, -0.2) is 19.7 Å². The first-order valence-electron chi connectivity index (χ1n) is 5.59. The Morgan fingerprint density at radius 1 is 1.17 bits per heavy atom. The topological polar surface area (TPSA) is 76.4 Å². The van der Waals surface area contributed by atoms with E-state index in [1.165, 1.54) is 0 Å². The number of aromatic nitrogens is 3. The lowest BCUT2D eigenvalue weighted by Gasteiger charge is -2.03. The second kappa shape index (κ2) is 4.03. The van der Waals surface area contributed by atoms with E-state index in [0.717, 1.165) is 16.8 Å². The Bertz CT molecular complexity index is 705. The first-order valence-corrected chi connectivity index (χ1v) is 5.59. The van der Waals surface area contributed by atoms with Crippen LogP contribution in [0.1, 0.15) is 11.1 Å². The first kappa shape index (κ1) is 10.6. The Kier molecular flexibility index (Phi) is 2.37. The van der Waals surface area contributed by atoms with Gasteiger partial charge in [0.1, 0.15) is 11.6 Å². The van der Waals surface area contributed by atoms with E-state index in [1.54, 1.807) is 35.1 Å². The zero-order chi connectivity index (χ0) is 12.5. The summed E-state index contributed by atoms with van der Waals surface area (Å²) < 4.78 is 1.59. The van der Waals surface area contributed by atoms with Gasteiger partial charge in [-0.3, -0.25) is 0 Å². The second-order valence-electron chi connectivity index (χ2n) is 4.08. The monoisotopic (exact) mass is 240 g/mol. The van der Waals surface area contributed by atoms with Gasteiger partial charge in [0.05, 0.1) is 6.20 Å². The summed E-state index contributed by atoms with van der Waals surface area (Å²) in [6, 6.07) is 8.94. The smallest absolute Gasteiger partial charge is 0.160 e. The average molecular weight is 240 g/mol. The number of benzene rings is 1. The molecule has 0 aliphatic carbocycles. The van der Waals surface area contributed by atoms with Gasteiger partial charge in [-0.15, -0.1) is 0 Å². The maximum absolute atomic E-state index is 9.76. The molecule has 0 fully saturated rings. The molecule has 3 N–H and O–H groups in total. The van der Waals surface area contributed by atoms with Crippen LogP contribution in [0.15, 0.2) is 42.7 Å². The number of rotatable bonds is 2. The molecule has 5 heteroatoms. The van der Waals surface area contributed by atoms with Gasteiger partial charge in [0, 0.05) is 18.2 Å². The third kappa shape index (κ3) is 1.66. The van der Waals surface area contributed by atoms with E-state index in [1.807, 2.05) is 12.1 Å². The summed E-state index contributed by atoms with van der Waals surface area (Å²) in [6.45, 7) is 0. The third-order valence-corrected chi connectivity index (χ3v) is 2.88. The fourth-order valence-corrected chi connectivity index (χ4v) is 1.95. The van der Waals surface area contributed by atoms with Gasteiger partial charge in [0.25, 0.3) is 0 Å². The van der Waals surface area contributed by atoms with Crippen LogP contribution in [-0.2, 0) is 6.42 Å². The van der Waals surface area contributed by atoms with Gasteiger partial charge < -0.3 is 10.8 Å². The van der Waals surface area contributed by atoms with Gasteiger partial charge in [0.2, 0.25) is 0 Å². The normalized spacial score (nSPS) is 10.9. The van der Waals surface area contributed by atoms with Crippen molar-refractivity contribution in [1.29, 1.82) is 0 Å². The van der Waals surface area contributed by atoms with Crippen LogP contribution in [0.4, 0.5) is 5.82 Å². The standard InChI is InChI=1S/C13H12N4O/c14-12-5-6-15-13-10(8-16-17(12)13)7-9-3-1-2-4-11(9)18/h1-6,8,18H,7,14H2. The summed E-state index contributed by atoms with van der Waals surface area (Å²) in [7, 11) is 0. The maximum Gasteiger partial charge on any atom is 0.160 e. The molecule has 2 aromatic heterocycles. The predicted molar refractivity (Wildman–Crippen MR) is 68.3 cm³/mol. The number of para-hydroxylation sites is 1. The van der Waals surface area contributed by atoms with E-state index in [4.69, 9.17) is 5.73 Å². The number of anilines is 1. The molecule has 0 unspecified atom stereocenters. The zero-order valence-electron chi connectivity index (χ0n) is 9.61. The minimum Gasteiger partial charge on any atom is -0.508 e. The third-order valence-electron chi connectivity index (χ3n) is 2.88. The van der Waals surface area contributed by atoms with Crippen molar-refractivity contribution in [1.82, 2.24) is 14.6 Å². The molecule has 0 radical (unpaired) electrons. The van der Waals surface area contributed by atoms with Crippen LogP contribution in [0, 0.1) is 0 Å². The molecule has 90 valence electrons. The minimum atomic E-state index is 0.278. The van der Waals surface area contributed by atoms with Gasteiger partial charge in [-0.25, -0.2) is 4.98 Å². The van der Waals surface area contributed by atoms with E-state index < -0.39 is 0 Å². The number of nitrogens with zero attached hydrogens (tertiary/aromatic N) is 3. The molecule has 18 heavy (non-hydrogen) atoms. The van der Waals surface area contributed by atoms with Crippen LogP contribution >= 0.6 is 0 Å². The molecule has 0 spiro atoms. The molecule has 0 aliphatic rings.